The molecule has 0 aliphatic carbocycles. The second-order valence-electron chi connectivity index (χ2n) is 7.18. The van der Waals surface area contributed by atoms with Crippen LogP contribution in [0.4, 0.5) is 0 Å². The standard InChI is InChI=1S/C20H29N2O3PS/c1-15(2)13-22(27(25,26)18-10-8-17(23)9-11-18)14-20(24)19(21)12-16-6-4-3-5-7-16/h3-11,15,19-20,23-24,26H,12-14,21H2,1-2H3/t19-,20+,27?/m0/s1. The second kappa shape index (κ2) is 9.67. The Hall–Kier alpha value is -1.43. The normalized spacial score (nSPS) is 16.2. The van der Waals surface area contributed by atoms with Crippen LogP contribution in [0.2, 0.25) is 0 Å². The van der Waals surface area contributed by atoms with Crippen molar-refractivity contribution >= 4 is 17.3 Å². The Bertz CT molecular complexity index is 811. The number of benzene rings is 2. The van der Waals surface area contributed by atoms with Gasteiger partial charge in [0, 0.05) is 24.0 Å². The van der Waals surface area contributed by atoms with Crippen LogP contribution in [0.3, 0.4) is 0 Å². The minimum atomic E-state index is -2.75. The molecule has 0 amide bonds. The van der Waals surface area contributed by atoms with E-state index in [2.05, 4.69) is 8.02 Å². The zero-order valence-electron chi connectivity index (χ0n) is 15.8. The lowest BCUT2D eigenvalue weighted by molar-refractivity contribution is 0.118. The molecular formula is C20H29N2O3PS. The van der Waals surface area contributed by atoms with Crippen LogP contribution in [0.15, 0.2) is 59.5 Å². The third kappa shape index (κ3) is 6.30. The highest BCUT2D eigenvalue weighted by Crippen LogP contribution is 2.24. The molecule has 0 aliphatic heterocycles. The molecule has 0 aliphatic rings. The first-order valence-electron chi connectivity index (χ1n) is 9.00. The number of rotatable bonds is 9. The smallest absolute Gasteiger partial charge is 0.115 e. The summed E-state index contributed by atoms with van der Waals surface area (Å²) in [6.07, 6.45) is -0.294. The lowest BCUT2D eigenvalue weighted by Crippen LogP contribution is -2.46. The summed E-state index contributed by atoms with van der Waals surface area (Å²) in [6.45, 7) is 4.76. The maximum Gasteiger partial charge on any atom is 0.115 e. The van der Waals surface area contributed by atoms with Crippen LogP contribution in [0.5, 0.6) is 5.75 Å². The summed E-state index contributed by atoms with van der Waals surface area (Å²) in [5.74, 6) is 0.359. The van der Waals surface area contributed by atoms with Crippen molar-refractivity contribution in [1.82, 2.24) is 4.31 Å². The molecule has 1 unspecified atom stereocenters. The fourth-order valence-electron chi connectivity index (χ4n) is 2.84. The van der Waals surface area contributed by atoms with E-state index < -0.39 is 21.4 Å². The maximum atomic E-state index is 13.5. The van der Waals surface area contributed by atoms with E-state index in [1.807, 2.05) is 44.2 Å². The highest BCUT2D eigenvalue weighted by atomic mass is 32.5. The predicted molar refractivity (Wildman–Crippen MR) is 113 cm³/mol. The Morgan fingerprint density at radius 3 is 2.22 bits per heavy atom. The average molecular weight is 409 g/mol. The molecule has 148 valence electrons. The van der Waals surface area contributed by atoms with Gasteiger partial charge in [0.05, 0.1) is 15.4 Å². The molecule has 0 radical (unpaired) electrons. The highest BCUT2D eigenvalue weighted by molar-refractivity contribution is 8.19. The Kier molecular flexibility index (Phi) is 7.83. The molecule has 0 fully saturated rings. The fraction of sp³-hybridized carbons (Fsp3) is 0.400. The van der Waals surface area contributed by atoms with E-state index in [9.17, 15) is 14.4 Å². The van der Waals surface area contributed by atoms with E-state index in [-0.39, 0.29) is 18.2 Å². The Morgan fingerprint density at radius 2 is 1.67 bits per heavy atom. The van der Waals surface area contributed by atoms with E-state index in [0.717, 1.165) is 5.56 Å². The third-order valence-corrected chi connectivity index (χ3v) is 7.71. The van der Waals surface area contributed by atoms with Gasteiger partial charge in [-0.3, -0.25) is 0 Å². The number of hydrogen-bond acceptors (Lipinski definition) is 4. The number of nitrogens with zero attached hydrogens (tertiary/aromatic N) is 1. The molecule has 2 aromatic carbocycles. The van der Waals surface area contributed by atoms with Gasteiger partial charge in [0.2, 0.25) is 0 Å². The quantitative estimate of drug-likeness (QED) is 0.557. The van der Waals surface area contributed by atoms with Gasteiger partial charge in [0.15, 0.2) is 0 Å². The summed E-state index contributed by atoms with van der Waals surface area (Å²) in [4.78, 5) is 0.543. The molecule has 0 aromatic heterocycles. The molecule has 5 nitrogen and oxygen atoms in total. The molecule has 0 saturated heterocycles. The number of nitrogens with two attached hydrogens (primary N) is 1. The minimum absolute atomic E-state index is 0.112. The zero-order chi connectivity index (χ0) is 20.0. The Labute approximate surface area is 164 Å². The molecule has 0 saturated carbocycles. The van der Waals surface area contributed by atoms with Crippen LogP contribution in [-0.4, -0.2) is 44.0 Å². The van der Waals surface area contributed by atoms with Crippen molar-refractivity contribution in [1.29, 1.82) is 0 Å². The first-order valence-corrected chi connectivity index (χ1v) is 11.7. The number of phenols is 1. The molecule has 4 N–H and O–H groups in total. The number of aliphatic hydroxyl groups is 1. The first kappa shape index (κ1) is 21.9. The average Bonchev–Trinajstić information content (AvgIpc) is 2.62. The van der Waals surface area contributed by atoms with Crippen LogP contribution < -0.4 is 5.73 Å². The molecule has 0 heterocycles. The maximum absolute atomic E-state index is 13.5. The second-order valence-corrected chi connectivity index (χ2v) is 10.9. The largest absolute Gasteiger partial charge is 0.508 e. The van der Waals surface area contributed by atoms with Crippen molar-refractivity contribution in [2.24, 2.45) is 11.7 Å². The van der Waals surface area contributed by atoms with Crippen molar-refractivity contribution < 1.29 is 14.4 Å². The van der Waals surface area contributed by atoms with E-state index in [1.165, 1.54) is 12.1 Å². The van der Waals surface area contributed by atoms with Crippen LogP contribution >= 0.6 is 8.02 Å². The number of aromatic hydroxyl groups is 1. The van der Waals surface area contributed by atoms with Gasteiger partial charge < -0.3 is 15.9 Å². The molecular weight excluding hydrogens is 379 g/mol. The lowest BCUT2D eigenvalue weighted by atomic mass is 10.0. The van der Waals surface area contributed by atoms with Gasteiger partial charge in [-0.25, -0.2) is 8.51 Å². The van der Waals surface area contributed by atoms with E-state index in [0.29, 0.717) is 17.9 Å². The van der Waals surface area contributed by atoms with Crippen molar-refractivity contribution in [3.63, 3.8) is 0 Å². The Morgan fingerprint density at radius 1 is 1.07 bits per heavy atom. The number of aliphatic hydroxyl groups excluding tert-OH is 1. The summed E-state index contributed by atoms with van der Waals surface area (Å²) in [6, 6.07) is 15.5. The van der Waals surface area contributed by atoms with Crippen LogP contribution in [0.25, 0.3) is 0 Å². The summed E-state index contributed by atoms with van der Waals surface area (Å²) in [7, 11) is 0.685. The van der Waals surface area contributed by atoms with Gasteiger partial charge in [-0.2, -0.15) is 0 Å². The van der Waals surface area contributed by atoms with E-state index in [4.69, 9.17) is 5.73 Å². The molecule has 7 heteroatoms. The molecule has 27 heavy (non-hydrogen) atoms. The van der Waals surface area contributed by atoms with Crippen LogP contribution in [0, 0.1) is 5.92 Å². The van der Waals surface area contributed by atoms with Gasteiger partial charge in [-0.1, -0.05) is 44.2 Å². The van der Waals surface area contributed by atoms with Crippen molar-refractivity contribution in [3.05, 3.63) is 60.2 Å². The molecule has 0 bridgehead atoms. The molecule has 2 aromatic rings. The zero-order valence-corrected chi connectivity index (χ0v) is 17.6. The van der Waals surface area contributed by atoms with Crippen LogP contribution in [0.1, 0.15) is 19.4 Å². The van der Waals surface area contributed by atoms with Gasteiger partial charge in [0.25, 0.3) is 0 Å². The number of hydrogen-bond donors (Lipinski definition) is 3. The van der Waals surface area contributed by atoms with Crippen molar-refractivity contribution in [2.45, 2.75) is 37.3 Å². The summed E-state index contributed by atoms with van der Waals surface area (Å²) in [5.41, 5.74) is 7.26. The van der Waals surface area contributed by atoms with E-state index >= 15 is 0 Å². The monoisotopic (exact) mass is 408 g/mol. The molecule has 3 atom stereocenters. The van der Waals surface area contributed by atoms with Gasteiger partial charge in [-0.05, 0) is 50.2 Å². The minimum Gasteiger partial charge on any atom is -0.508 e. The lowest BCUT2D eigenvalue weighted by Gasteiger charge is -2.31. The molecule has 0 spiro atoms. The van der Waals surface area contributed by atoms with Crippen molar-refractivity contribution in [3.8, 4) is 5.75 Å². The predicted octanol–water partition coefficient (Wildman–Crippen LogP) is 2.90. The van der Waals surface area contributed by atoms with Crippen LogP contribution in [-0.2, 0) is 15.7 Å². The van der Waals surface area contributed by atoms with E-state index in [1.54, 1.807) is 16.4 Å². The van der Waals surface area contributed by atoms with Gasteiger partial charge in [0.1, 0.15) is 5.75 Å². The fourth-order valence-corrected chi connectivity index (χ4v) is 5.37. The SMILES string of the molecule is CC(C)CN(C[C@@H](O)[C@@H](N)Cc1ccccc1)S(=O)(=P)c1ccc(O)cc1. The summed E-state index contributed by atoms with van der Waals surface area (Å²) in [5, 5.41) is 20.1. The first-order chi connectivity index (χ1) is 12.7. The van der Waals surface area contributed by atoms with Gasteiger partial charge >= 0.3 is 0 Å². The summed E-state index contributed by atoms with van der Waals surface area (Å²) >= 11 is 0. The third-order valence-electron chi connectivity index (χ3n) is 4.29. The summed E-state index contributed by atoms with van der Waals surface area (Å²) < 4.78 is 15.2. The van der Waals surface area contributed by atoms with Crippen molar-refractivity contribution in [2.75, 3.05) is 13.1 Å². The van der Waals surface area contributed by atoms with Gasteiger partial charge in [-0.15, -0.1) is 0 Å². The highest BCUT2D eigenvalue weighted by Gasteiger charge is 2.26. The topological polar surface area (TPSA) is 86.8 Å². The Balaban J connectivity index is 2.16. The molecule has 2 rings (SSSR count). The number of phenolic OH excluding ortho intramolecular Hbond substituents is 1.